The highest BCUT2D eigenvalue weighted by Gasteiger charge is 2.19. The highest BCUT2D eigenvalue weighted by atomic mass is 16.7. The minimum atomic E-state index is -0.653. The molecule has 0 saturated carbocycles. The smallest absolute Gasteiger partial charge is 0.426 e. The average Bonchev–Trinajstić information content (AvgIpc) is 2.60. The van der Waals surface area contributed by atoms with Crippen LogP contribution in [-0.2, 0) is 20.3 Å². The van der Waals surface area contributed by atoms with Crippen LogP contribution >= 0.6 is 0 Å². The van der Waals surface area contributed by atoms with Gasteiger partial charge in [0.05, 0.1) is 0 Å². The molecule has 2 rings (SSSR count). The van der Waals surface area contributed by atoms with E-state index >= 15 is 0 Å². The standard InChI is InChI=1S/C25H34O3/c1-17(19-9-13-21(14-10-19)24(3,4)5)27-23(26)28-18(2)20-11-15-22(16-12-20)25(6,7)8/h9-18H,1-8H3. The molecule has 0 N–H and O–H groups in total. The lowest BCUT2D eigenvalue weighted by Crippen LogP contribution is -2.15. The Balaban J connectivity index is 1.95. The molecule has 0 aliphatic heterocycles. The first-order valence-electron chi connectivity index (χ1n) is 9.96. The van der Waals surface area contributed by atoms with Gasteiger partial charge in [0.1, 0.15) is 12.2 Å². The van der Waals surface area contributed by atoms with Crippen molar-refractivity contribution in [1.82, 2.24) is 0 Å². The van der Waals surface area contributed by atoms with Crippen LogP contribution in [-0.4, -0.2) is 6.16 Å². The van der Waals surface area contributed by atoms with Gasteiger partial charge in [-0.3, -0.25) is 0 Å². The molecule has 0 saturated heterocycles. The molecule has 0 bridgehead atoms. The molecule has 0 heterocycles. The zero-order valence-corrected chi connectivity index (χ0v) is 18.5. The molecule has 2 atom stereocenters. The van der Waals surface area contributed by atoms with Crippen molar-refractivity contribution >= 4 is 6.16 Å². The van der Waals surface area contributed by atoms with Crippen molar-refractivity contribution in [2.75, 3.05) is 0 Å². The molecule has 3 heteroatoms. The maximum atomic E-state index is 12.2. The summed E-state index contributed by atoms with van der Waals surface area (Å²) in [7, 11) is 0. The summed E-state index contributed by atoms with van der Waals surface area (Å²) in [4.78, 5) is 12.2. The third-order valence-corrected chi connectivity index (χ3v) is 5.04. The van der Waals surface area contributed by atoms with E-state index in [1.54, 1.807) is 0 Å². The molecule has 2 aromatic rings. The van der Waals surface area contributed by atoms with Crippen molar-refractivity contribution in [3.05, 3.63) is 70.8 Å². The molecule has 0 aliphatic carbocycles. The monoisotopic (exact) mass is 382 g/mol. The fourth-order valence-corrected chi connectivity index (χ4v) is 2.96. The summed E-state index contributed by atoms with van der Waals surface area (Å²) in [6.07, 6.45) is -1.38. The predicted molar refractivity (Wildman–Crippen MR) is 115 cm³/mol. The van der Waals surface area contributed by atoms with Crippen molar-refractivity contribution < 1.29 is 14.3 Å². The topological polar surface area (TPSA) is 35.5 Å². The summed E-state index contributed by atoms with van der Waals surface area (Å²) >= 11 is 0. The summed E-state index contributed by atoms with van der Waals surface area (Å²) in [5.41, 5.74) is 4.59. The van der Waals surface area contributed by atoms with Crippen molar-refractivity contribution in [2.24, 2.45) is 0 Å². The second-order valence-corrected chi connectivity index (χ2v) is 9.51. The number of carbonyl (C=O) groups excluding carboxylic acids is 1. The number of benzene rings is 2. The van der Waals surface area contributed by atoms with Gasteiger partial charge in [-0.05, 0) is 46.9 Å². The van der Waals surface area contributed by atoms with Gasteiger partial charge in [-0.25, -0.2) is 4.79 Å². The van der Waals surface area contributed by atoms with Crippen molar-refractivity contribution in [3.63, 3.8) is 0 Å². The second kappa shape index (κ2) is 8.38. The van der Waals surface area contributed by atoms with Crippen LogP contribution in [0.25, 0.3) is 0 Å². The van der Waals surface area contributed by atoms with Crippen LogP contribution in [0.2, 0.25) is 0 Å². The Hall–Kier alpha value is -2.29. The first-order chi connectivity index (χ1) is 12.9. The van der Waals surface area contributed by atoms with E-state index in [0.717, 1.165) is 11.1 Å². The summed E-state index contributed by atoms with van der Waals surface area (Å²) in [5, 5.41) is 0. The summed E-state index contributed by atoms with van der Waals surface area (Å²) in [6.45, 7) is 16.8. The van der Waals surface area contributed by atoms with Gasteiger partial charge >= 0.3 is 6.16 Å². The Morgan fingerprint density at radius 3 is 1.18 bits per heavy atom. The van der Waals surface area contributed by atoms with E-state index in [4.69, 9.17) is 9.47 Å². The highest BCUT2D eigenvalue weighted by Crippen LogP contribution is 2.27. The van der Waals surface area contributed by atoms with Gasteiger partial charge in [-0.2, -0.15) is 0 Å². The summed E-state index contributed by atoms with van der Waals surface area (Å²) in [6, 6.07) is 16.4. The Morgan fingerprint density at radius 1 is 0.643 bits per heavy atom. The number of carbonyl (C=O) groups is 1. The number of hydrogen-bond donors (Lipinski definition) is 0. The Bertz CT molecular complexity index is 707. The lowest BCUT2D eigenvalue weighted by Gasteiger charge is -2.21. The molecule has 28 heavy (non-hydrogen) atoms. The van der Waals surface area contributed by atoms with E-state index in [1.807, 2.05) is 38.1 Å². The SMILES string of the molecule is CC(OC(=O)OC(C)c1ccc(C(C)(C)C)cc1)c1ccc(C(C)(C)C)cc1. The lowest BCUT2D eigenvalue weighted by molar-refractivity contribution is 0.00624. The van der Waals surface area contributed by atoms with Crippen LogP contribution in [0, 0.1) is 0 Å². The van der Waals surface area contributed by atoms with Crippen molar-refractivity contribution in [1.29, 1.82) is 0 Å². The molecule has 3 nitrogen and oxygen atoms in total. The fraction of sp³-hybridized carbons (Fsp3) is 0.480. The third-order valence-electron chi connectivity index (χ3n) is 5.04. The predicted octanol–water partition coefficient (Wildman–Crippen LogP) is 7.26. The molecule has 0 aromatic heterocycles. The van der Waals surface area contributed by atoms with Crippen LogP contribution < -0.4 is 0 Å². The van der Waals surface area contributed by atoms with Crippen LogP contribution in [0.1, 0.15) is 89.9 Å². The number of hydrogen-bond acceptors (Lipinski definition) is 3. The molecular weight excluding hydrogens is 348 g/mol. The molecule has 2 aromatic carbocycles. The lowest BCUT2D eigenvalue weighted by atomic mass is 9.86. The third kappa shape index (κ3) is 5.85. The molecule has 2 unspecified atom stereocenters. The summed E-state index contributed by atoms with van der Waals surface area (Å²) in [5.74, 6) is 0. The van der Waals surface area contributed by atoms with E-state index in [9.17, 15) is 4.79 Å². The highest BCUT2D eigenvalue weighted by molar-refractivity contribution is 5.61. The number of ether oxygens (including phenoxy) is 2. The van der Waals surface area contributed by atoms with Gasteiger partial charge in [0.2, 0.25) is 0 Å². The minimum Gasteiger partial charge on any atom is -0.426 e. The molecule has 0 spiro atoms. The zero-order valence-electron chi connectivity index (χ0n) is 18.5. The maximum Gasteiger partial charge on any atom is 0.509 e. The maximum absolute atomic E-state index is 12.2. The zero-order chi connectivity index (χ0) is 21.1. The van der Waals surface area contributed by atoms with Gasteiger partial charge in [-0.1, -0.05) is 90.1 Å². The first-order valence-corrected chi connectivity index (χ1v) is 9.96. The van der Waals surface area contributed by atoms with Crippen LogP contribution in [0.4, 0.5) is 4.79 Å². The van der Waals surface area contributed by atoms with Crippen LogP contribution in [0.5, 0.6) is 0 Å². The Morgan fingerprint density at radius 2 is 0.929 bits per heavy atom. The fourth-order valence-electron chi connectivity index (χ4n) is 2.96. The quantitative estimate of drug-likeness (QED) is 0.522. The largest absolute Gasteiger partial charge is 0.509 e. The van der Waals surface area contributed by atoms with E-state index in [1.165, 1.54) is 11.1 Å². The molecular formula is C25H34O3. The van der Waals surface area contributed by atoms with Crippen LogP contribution in [0.3, 0.4) is 0 Å². The van der Waals surface area contributed by atoms with Gasteiger partial charge in [0, 0.05) is 0 Å². The molecule has 0 radical (unpaired) electrons. The molecule has 0 amide bonds. The number of rotatable bonds is 4. The Kier molecular flexibility index (Phi) is 6.59. The van der Waals surface area contributed by atoms with E-state index in [2.05, 4.69) is 65.8 Å². The van der Waals surface area contributed by atoms with Gasteiger partial charge in [0.15, 0.2) is 0 Å². The van der Waals surface area contributed by atoms with E-state index in [0.29, 0.717) is 0 Å². The Labute approximate surface area is 170 Å². The molecule has 0 aliphatic rings. The molecule has 152 valence electrons. The van der Waals surface area contributed by atoms with Crippen molar-refractivity contribution in [3.8, 4) is 0 Å². The van der Waals surface area contributed by atoms with Gasteiger partial charge in [0.25, 0.3) is 0 Å². The molecule has 0 fully saturated rings. The van der Waals surface area contributed by atoms with E-state index < -0.39 is 6.16 Å². The summed E-state index contributed by atoms with van der Waals surface area (Å²) < 4.78 is 10.9. The minimum absolute atomic E-state index is 0.0968. The van der Waals surface area contributed by atoms with Gasteiger partial charge in [-0.15, -0.1) is 0 Å². The van der Waals surface area contributed by atoms with Crippen LogP contribution in [0.15, 0.2) is 48.5 Å². The van der Waals surface area contributed by atoms with Crippen molar-refractivity contribution in [2.45, 2.75) is 78.4 Å². The van der Waals surface area contributed by atoms with Gasteiger partial charge < -0.3 is 9.47 Å². The second-order valence-electron chi connectivity index (χ2n) is 9.51. The first kappa shape index (κ1) is 22.0. The average molecular weight is 383 g/mol. The van der Waals surface area contributed by atoms with E-state index in [-0.39, 0.29) is 23.0 Å². The normalized spacial score (nSPS) is 14.3.